The van der Waals surface area contributed by atoms with Crippen LogP contribution in [-0.4, -0.2) is 23.0 Å². The van der Waals surface area contributed by atoms with E-state index in [1.807, 2.05) is 25.1 Å². The lowest BCUT2D eigenvalue weighted by Gasteiger charge is -2.05. The van der Waals surface area contributed by atoms with E-state index in [9.17, 15) is 9.59 Å². The monoisotopic (exact) mass is 434 g/mol. The van der Waals surface area contributed by atoms with E-state index < -0.39 is 11.8 Å². The molecule has 9 heteroatoms. The molecule has 1 aromatic heterocycles. The summed E-state index contributed by atoms with van der Waals surface area (Å²) in [6.07, 6.45) is 1.32. The SMILES string of the molecule is Cc1ccc2cc(C=NNC(=O)C(=O)Nc3ccc(Cl)c(Cl)c3)c(Cl)nc2c1. The molecule has 2 aromatic carbocycles. The topological polar surface area (TPSA) is 83.5 Å². The summed E-state index contributed by atoms with van der Waals surface area (Å²) in [5, 5.41) is 7.86. The number of anilines is 1. The molecule has 2 N–H and O–H groups in total. The smallest absolute Gasteiger partial charge is 0.318 e. The van der Waals surface area contributed by atoms with Crippen LogP contribution in [0.1, 0.15) is 11.1 Å². The summed E-state index contributed by atoms with van der Waals surface area (Å²) in [6.45, 7) is 1.96. The highest BCUT2D eigenvalue weighted by Crippen LogP contribution is 2.25. The highest BCUT2D eigenvalue weighted by atomic mass is 35.5. The van der Waals surface area contributed by atoms with E-state index in [-0.39, 0.29) is 10.2 Å². The maximum Gasteiger partial charge on any atom is 0.329 e. The Morgan fingerprint density at radius 3 is 2.54 bits per heavy atom. The Morgan fingerprint density at radius 1 is 1.00 bits per heavy atom. The van der Waals surface area contributed by atoms with E-state index in [0.29, 0.717) is 16.3 Å². The molecule has 0 aliphatic rings. The molecule has 0 radical (unpaired) electrons. The lowest BCUT2D eigenvalue weighted by atomic mass is 10.1. The van der Waals surface area contributed by atoms with Crippen molar-refractivity contribution in [3.8, 4) is 0 Å². The Morgan fingerprint density at radius 2 is 1.79 bits per heavy atom. The average molecular weight is 436 g/mol. The van der Waals surface area contributed by atoms with Crippen molar-refractivity contribution in [1.82, 2.24) is 10.4 Å². The minimum Gasteiger partial charge on any atom is -0.318 e. The fourth-order valence-corrected chi connectivity index (χ4v) is 2.83. The van der Waals surface area contributed by atoms with Crippen LogP contribution < -0.4 is 10.7 Å². The number of hydrogen-bond donors (Lipinski definition) is 2. The maximum absolute atomic E-state index is 11.9. The first-order valence-corrected chi connectivity index (χ1v) is 9.13. The van der Waals surface area contributed by atoms with Crippen LogP contribution in [0.3, 0.4) is 0 Å². The maximum atomic E-state index is 11.9. The van der Waals surface area contributed by atoms with Gasteiger partial charge in [0.1, 0.15) is 5.15 Å². The first-order valence-electron chi connectivity index (χ1n) is 8.00. The molecule has 1 heterocycles. The molecule has 0 aliphatic heterocycles. The largest absolute Gasteiger partial charge is 0.329 e. The molecular formula is C19H13Cl3N4O2. The second kappa shape index (κ2) is 8.56. The second-order valence-corrected chi connectivity index (χ2v) is 7.02. The van der Waals surface area contributed by atoms with Crippen LogP contribution in [0.5, 0.6) is 0 Å². The minimum atomic E-state index is -0.956. The Hall–Kier alpha value is -2.67. The lowest BCUT2D eigenvalue weighted by Crippen LogP contribution is -2.32. The first-order chi connectivity index (χ1) is 13.3. The number of nitrogens with zero attached hydrogens (tertiary/aromatic N) is 2. The van der Waals surface area contributed by atoms with E-state index in [0.717, 1.165) is 16.5 Å². The lowest BCUT2D eigenvalue weighted by molar-refractivity contribution is -0.136. The predicted molar refractivity (Wildman–Crippen MR) is 112 cm³/mol. The van der Waals surface area contributed by atoms with Crippen LogP contribution in [0.4, 0.5) is 5.69 Å². The number of fused-ring (bicyclic) bond motifs is 1. The Kier molecular flexibility index (Phi) is 6.14. The molecule has 28 heavy (non-hydrogen) atoms. The summed E-state index contributed by atoms with van der Waals surface area (Å²) in [7, 11) is 0. The number of carbonyl (C=O) groups is 2. The zero-order chi connectivity index (χ0) is 20.3. The van der Waals surface area contributed by atoms with Gasteiger partial charge in [-0.05, 0) is 42.8 Å². The number of carbonyl (C=O) groups excluding carboxylic acids is 2. The summed E-state index contributed by atoms with van der Waals surface area (Å²) in [4.78, 5) is 28.1. The van der Waals surface area contributed by atoms with Crippen molar-refractivity contribution in [3.05, 3.63) is 68.8 Å². The summed E-state index contributed by atoms with van der Waals surface area (Å²) in [5.74, 6) is -1.86. The number of amides is 2. The zero-order valence-corrected chi connectivity index (χ0v) is 16.7. The van der Waals surface area contributed by atoms with E-state index in [1.165, 1.54) is 24.4 Å². The van der Waals surface area contributed by atoms with Gasteiger partial charge in [-0.25, -0.2) is 10.4 Å². The fraction of sp³-hybridized carbons (Fsp3) is 0.0526. The van der Waals surface area contributed by atoms with Gasteiger partial charge in [0.2, 0.25) is 0 Å². The molecule has 0 atom stereocenters. The van der Waals surface area contributed by atoms with E-state index in [1.54, 1.807) is 6.07 Å². The van der Waals surface area contributed by atoms with Crippen molar-refractivity contribution >= 4 is 69.4 Å². The molecule has 142 valence electrons. The molecule has 3 aromatic rings. The molecule has 3 rings (SSSR count). The third kappa shape index (κ3) is 4.78. The summed E-state index contributed by atoms with van der Waals surface area (Å²) in [6, 6.07) is 12.0. The van der Waals surface area contributed by atoms with Gasteiger partial charge in [-0.1, -0.05) is 46.9 Å². The van der Waals surface area contributed by atoms with Gasteiger partial charge in [0.25, 0.3) is 0 Å². The average Bonchev–Trinajstić information content (AvgIpc) is 2.65. The van der Waals surface area contributed by atoms with Crippen LogP contribution in [0.15, 0.2) is 47.6 Å². The summed E-state index contributed by atoms with van der Waals surface area (Å²) >= 11 is 17.8. The van der Waals surface area contributed by atoms with Gasteiger partial charge in [0.15, 0.2) is 0 Å². The Balaban J connectivity index is 1.66. The van der Waals surface area contributed by atoms with Crippen molar-refractivity contribution < 1.29 is 9.59 Å². The van der Waals surface area contributed by atoms with Crippen molar-refractivity contribution in [2.45, 2.75) is 6.92 Å². The number of nitrogens with one attached hydrogen (secondary N) is 2. The fourth-order valence-electron chi connectivity index (χ4n) is 2.33. The third-order valence-electron chi connectivity index (χ3n) is 3.71. The van der Waals surface area contributed by atoms with Crippen molar-refractivity contribution in [1.29, 1.82) is 0 Å². The molecule has 0 bridgehead atoms. The number of hydrazone groups is 1. The van der Waals surface area contributed by atoms with Crippen molar-refractivity contribution in [2.24, 2.45) is 5.10 Å². The molecule has 0 aliphatic carbocycles. The summed E-state index contributed by atoms with van der Waals surface area (Å²) in [5.41, 5.74) is 4.79. The molecule has 0 fully saturated rings. The predicted octanol–water partition coefficient (Wildman–Crippen LogP) is 4.59. The van der Waals surface area contributed by atoms with Crippen LogP contribution in [0, 0.1) is 6.92 Å². The van der Waals surface area contributed by atoms with Gasteiger partial charge in [0.05, 0.1) is 21.8 Å². The molecule has 6 nitrogen and oxygen atoms in total. The number of pyridine rings is 1. The molecule has 0 unspecified atom stereocenters. The molecule has 0 saturated heterocycles. The highest BCUT2D eigenvalue weighted by Gasteiger charge is 2.13. The van der Waals surface area contributed by atoms with E-state index in [2.05, 4.69) is 20.8 Å². The van der Waals surface area contributed by atoms with Crippen LogP contribution in [0.2, 0.25) is 15.2 Å². The van der Waals surface area contributed by atoms with Gasteiger partial charge < -0.3 is 5.32 Å². The van der Waals surface area contributed by atoms with E-state index >= 15 is 0 Å². The molecule has 2 amide bonds. The Bertz CT molecular complexity index is 1120. The Labute approximate surface area is 175 Å². The van der Waals surface area contributed by atoms with Gasteiger partial charge in [-0.15, -0.1) is 0 Å². The number of benzene rings is 2. The third-order valence-corrected chi connectivity index (χ3v) is 4.75. The van der Waals surface area contributed by atoms with E-state index in [4.69, 9.17) is 34.8 Å². The molecule has 0 spiro atoms. The molecule has 0 saturated carbocycles. The number of halogens is 3. The number of aryl methyl sites for hydroxylation is 1. The number of hydrogen-bond acceptors (Lipinski definition) is 4. The quantitative estimate of drug-likeness (QED) is 0.273. The van der Waals surface area contributed by atoms with Gasteiger partial charge in [0, 0.05) is 16.6 Å². The minimum absolute atomic E-state index is 0.233. The van der Waals surface area contributed by atoms with Crippen molar-refractivity contribution in [3.63, 3.8) is 0 Å². The molecular weight excluding hydrogens is 423 g/mol. The van der Waals surface area contributed by atoms with Crippen molar-refractivity contribution in [2.75, 3.05) is 5.32 Å². The van der Waals surface area contributed by atoms with Gasteiger partial charge in [-0.3, -0.25) is 9.59 Å². The van der Waals surface area contributed by atoms with Crippen LogP contribution in [-0.2, 0) is 9.59 Å². The van der Waals surface area contributed by atoms with Gasteiger partial charge in [-0.2, -0.15) is 5.10 Å². The highest BCUT2D eigenvalue weighted by molar-refractivity contribution is 6.43. The standard InChI is InChI=1S/C19H13Cl3N4O2/c1-10-2-3-11-7-12(17(22)25-16(11)6-10)9-23-26-19(28)18(27)24-13-4-5-14(20)15(21)8-13/h2-9H,1H3,(H,24,27)(H,26,28). The normalized spacial score (nSPS) is 11.0. The number of aromatic nitrogens is 1. The second-order valence-electron chi connectivity index (χ2n) is 5.85. The first kappa shape index (κ1) is 20.1. The zero-order valence-electron chi connectivity index (χ0n) is 14.5. The van der Waals surface area contributed by atoms with Gasteiger partial charge >= 0.3 is 11.8 Å². The summed E-state index contributed by atoms with van der Waals surface area (Å²) < 4.78 is 0. The van der Waals surface area contributed by atoms with Crippen LogP contribution in [0.25, 0.3) is 10.9 Å². The number of rotatable bonds is 3. The van der Waals surface area contributed by atoms with Crippen LogP contribution >= 0.6 is 34.8 Å².